The highest BCUT2D eigenvalue weighted by molar-refractivity contribution is 5.93. The lowest BCUT2D eigenvalue weighted by molar-refractivity contribution is 0.0774. The first-order valence-electron chi connectivity index (χ1n) is 10.3. The van der Waals surface area contributed by atoms with Crippen LogP contribution in [0.15, 0.2) is 30.3 Å². The Morgan fingerprint density at radius 3 is 2.36 bits per heavy atom. The molecular formula is C22H34N2O. The quantitative estimate of drug-likeness (QED) is 0.763. The Labute approximate surface area is 153 Å². The topological polar surface area (TPSA) is 23.6 Å². The van der Waals surface area contributed by atoms with Crippen LogP contribution in [0.25, 0.3) is 0 Å². The predicted molar refractivity (Wildman–Crippen MR) is 104 cm³/mol. The van der Waals surface area contributed by atoms with E-state index in [2.05, 4.69) is 4.90 Å². The minimum absolute atomic E-state index is 0.148. The molecule has 3 nitrogen and oxygen atoms in total. The fourth-order valence-corrected chi connectivity index (χ4v) is 4.47. The van der Waals surface area contributed by atoms with Gasteiger partial charge in [0.2, 0.25) is 0 Å². The number of carbonyl (C=O) groups excluding carboxylic acids is 1. The van der Waals surface area contributed by atoms with E-state index in [4.69, 9.17) is 0 Å². The maximum Gasteiger partial charge on any atom is 0.253 e. The third kappa shape index (κ3) is 5.57. The van der Waals surface area contributed by atoms with E-state index in [1.165, 1.54) is 64.6 Å². The molecule has 1 aromatic carbocycles. The van der Waals surface area contributed by atoms with Crippen LogP contribution < -0.4 is 0 Å². The molecule has 138 valence electrons. The molecule has 25 heavy (non-hydrogen) atoms. The summed E-state index contributed by atoms with van der Waals surface area (Å²) >= 11 is 0. The third-order valence-corrected chi connectivity index (χ3v) is 6.19. The second kappa shape index (κ2) is 9.38. The van der Waals surface area contributed by atoms with Crippen molar-refractivity contribution in [1.82, 2.24) is 9.80 Å². The van der Waals surface area contributed by atoms with Gasteiger partial charge < -0.3 is 9.80 Å². The normalized spacial score (nSPS) is 20.5. The summed E-state index contributed by atoms with van der Waals surface area (Å²) in [5.41, 5.74) is 0.798. The van der Waals surface area contributed by atoms with Crippen molar-refractivity contribution in [3.63, 3.8) is 0 Å². The van der Waals surface area contributed by atoms with Gasteiger partial charge >= 0.3 is 0 Å². The predicted octanol–water partition coefficient (Wildman–Crippen LogP) is 4.44. The van der Waals surface area contributed by atoms with Crippen LogP contribution in [0.5, 0.6) is 0 Å². The second-order valence-electron chi connectivity index (χ2n) is 8.13. The molecule has 1 heterocycles. The van der Waals surface area contributed by atoms with Gasteiger partial charge in [-0.2, -0.15) is 0 Å². The molecular weight excluding hydrogens is 308 g/mol. The lowest BCUT2D eigenvalue weighted by Gasteiger charge is -2.35. The summed E-state index contributed by atoms with van der Waals surface area (Å²) in [5.74, 6) is 1.89. The zero-order valence-corrected chi connectivity index (χ0v) is 15.8. The number of hydrogen-bond donors (Lipinski definition) is 0. The first-order chi connectivity index (χ1) is 12.2. The number of rotatable bonds is 6. The van der Waals surface area contributed by atoms with Crippen LogP contribution in [0.3, 0.4) is 0 Å². The summed E-state index contributed by atoms with van der Waals surface area (Å²) < 4.78 is 0. The molecule has 1 amide bonds. The van der Waals surface area contributed by atoms with Crippen molar-refractivity contribution in [2.45, 2.75) is 51.4 Å². The molecule has 3 rings (SSSR count). The molecule has 2 aliphatic rings. The van der Waals surface area contributed by atoms with Crippen LogP contribution in [0, 0.1) is 11.8 Å². The highest BCUT2D eigenvalue weighted by atomic mass is 16.2. The average Bonchev–Trinajstić information content (AvgIpc) is 2.68. The van der Waals surface area contributed by atoms with Gasteiger partial charge in [-0.3, -0.25) is 4.79 Å². The number of piperidine rings is 1. The maximum absolute atomic E-state index is 12.4. The van der Waals surface area contributed by atoms with Gasteiger partial charge in [0, 0.05) is 25.7 Å². The first-order valence-corrected chi connectivity index (χ1v) is 10.3. The Bertz CT molecular complexity index is 516. The van der Waals surface area contributed by atoms with Gasteiger partial charge in [0.15, 0.2) is 0 Å². The number of nitrogens with zero attached hydrogens (tertiary/aromatic N) is 2. The van der Waals surface area contributed by atoms with Gasteiger partial charge in [0.1, 0.15) is 0 Å². The molecule has 2 fully saturated rings. The molecule has 1 saturated heterocycles. The van der Waals surface area contributed by atoms with E-state index in [1.807, 2.05) is 42.3 Å². The molecule has 1 aromatic rings. The number of benzene rings is 1. The van der Waals surface area contributed by atoms with Crippen molar-refractivity contribution in [3.05, 3.63) is 35.9 Å². The largest absolute Gasteiger partial charge is 0.342 e. The van der Waals surface area contributed by atoms with Gasteiger partial charge in [-0.05, 0) is 69.2 Å². The Hall–Kier alpha value is -1.35. The van der Waals surface area contributed by atoms with Gasteiger partial charge in [-0.1, -0.05) is 37.5 Å². The molecule has 0 N–H and O–H groups in total. The Morgan fingerprint density at radius 1 is 1.00 bits per heavy atom. The van der Waals surface area contributed by atoms with Crippen molar-refractivity contribution in [1.29, 1.82) is 0 Å². The van der Waals surface area contributed by atoms with Crippen LogP contribution in [0.2, 0.25) is 0 Å². The average molecular weight is 343 g/mol. The molecule has 1 aliphatic carbocycles. The number of carbonyl (C=O) groups is 1. The zero-order valence-electron chi connectivity index (χ0n) is 15.8. The van der Waals surface area contributed by atoms with E-state index >= 15 is 0 Å². The highest BCUT2D eigenvalue weighted by Crippen LogP contribution is 2.27. The minimum atomic E-state index is 0.148. The van der Waals surface area contributed by atoms with E-state index < -0.39 is 0 Å². The molecule has 1 aliphatic heterocycles. The lowest BCUT2D eigenvalue weighted by Crippen LogP contribution is -2.38. The Balaban J connectivity index is 1.35. The molecule has 0 atom stereocenters. The summed E-state index contributed by atoms with van der Waals surface area (Å²) in [6, 6.07) is 9.63. The van der Waals surface area contributed by atoms with Crippen LogP contribution in [0.1, 0.15) is 61.7 Å². The van der Waals surface area contributed by atoms with E-state index in [1.54, 1.807) is 0 Å². The van der Waals surface area contributed by atoms with E-state index in [0.717, 1.165) is 30.4 Å². The fourth-order valence-electron chi connectivity index (χ4n) is 4.47. The van der Waals surface area contributed by atoms with Crippen LogP contribution in [0.4, 0.5) is 0 Å². The van der Waals surface area contributed by atoms with Crippen molar-refractivity contribution >= 4 is 5.91 Å². The van der Waals surface area contributed by atoms with Crippen molar-refractivity contribution in [3.8, 4) is 0 Å². The van der Waals surface area contributed by atoms with E-state index in [9.17, 15) is 4.79 Å². The number of hydrogen-bond acceptors (Lipinski definition) is 2. The van der Waals surface area contributed by atoms with E-state index in [0.29, 0.717) is 0 Å². The Kier molecular flexibility index (Phi) is 6.92. The van der Waals surface area contributed by atoms with Crippen molar-refractivity contribution in [2.24, 2.45) is 11.8 Å². The van der Waals surface area contributed by atoms with Crippen molar-refractivity contribution in [2.75, 3.05) is 33.2 Å². The second-order valence-corrected chi connectivity index (χ2v) is 8.13. The fraction of sp³-hybridized carbons (Fsp3) is 0.682. The summed E-state index contributed by atoms with van der Waals surface area (Å²) in [6.45, 7) is 4.73. The van der Waals surface area contributed by atoms with Gasteiger partial charge in [0.25, 0.3) is 5.91 Å². The zero-order chi connectivity index (χ0) is 17.5. The van der Waals surface area contributed by atoms with Gasteiger partial charge in [-0.15, -0.1) is 0 Å². The number of amides is 1. The molecule has 0 aromatic heterocycles. The molecule has 0 bridgehead atoms. The van der Waals surface area contributed by atoms with Gasteiger partial charge in [-0.25, -0.2) is 0 Å². The van der Waals surface area contributed by atoms with Crippen LogP contribution in [-0.2, 0) is 0 Å². The molecule has 3 heteroatoms. The molecule has 1 saturated carbocycles. The third-order valence-electron chi connectivity index (χ3n) is 6.19. The summed E-state index contributed by atoms with van der Waals surface area (Å²) in [4.78, 5) is 17.0. The standard InChI is InChI=1S/C22H34N2O/c1-23(22(25)21-10-6-3-7-11-21)15-12-19-13-16-24(17-14-19)18-20-8-4-2-5-9-20/h3,6-7,10-11,19-20H,2,4-5,8-9,12-18H2,1H3. The highest BCUT2D eigenvalue weighted by Gasteiger charge is 2.23. The summed E-state index contributed by atoms with van der Waals surface area (Å²) in [7, 11) is 1.94. The Morgan fingerprint density at radius 2 is 1.68 bits per heavy atom. The molecule has 0 radical (unpaired) electrons. The minimum Gasteiger partial charge on any atom is -0.342 e. The first kappa shape index (κ1) is 18.4. The monoisotopic (exact) mass is 342 g/mol. The van der Waals surface area contributed by atoms with E-state index in [-0.39, 0.29) is 5.91 Å². The van der Waals surface area contributed by atoms with Crippen LogP contribution in [-0.4, -0.2) is 48.9 Å². The van der Waals surface area contributed by atoms with Gasteiger partial charge in [0.05, 0.1) is 0 Å². The lowest BCUT2D eigenvalue weighted by atomic mass is 9.87. The molecule has 0 spiro atoms. The summed E-state index contributed by atoms with van der Waals surface area (Å²) in [5, 5.41) is 0. The van der Waals surface area contributed by atoms with Crippen LogP contribution >= 0.6 is 0 Å². The smallest absolute Gasteiger partial charge is 0.253 e. The summed E-state index contributed by atoms with van der Waals surface area (Å²) in [6.07, 6.45) is 11.0. The molecule has 0 unspecified atom stereocenters. The SMILES string of the molecule is CN(CCC1CCN(CC2CCCCC2)CC1)C(=O)c1ccccc1. The maximum atomic E-state index is 12.4. The number of likely N-dealkylation sites (tertiary alicyclic amines) is 1. The van der Waals surface area contributed by atoms with Crippen molar-refractivity contribution < 1.29 is 4.79 Å².